The summed E-state index contributed by atoms with van der Waals surface area (Å²) in [4.78, 5) is 0. The zero-order valence-corrected chi connectivity index (χ0v) is 12.0. The molecule has 0 bridgehead atoms. The van der Waals surface area contributed by atoms with Crippen LogP contribution >= 0.6 is 15.9 Å². The third-order valence-corrected chi connectivity index (χ3v) is 2.86. The van der Waals surface area contributed by atoms with Gasteiger partial charge in [0.15, 0.2) is 0 Å². The monoisotopic (exact) mass is 285 g/mol. The molecule has 0 amide bonds. The van der Waals surface area contributed by atoms with Crippen molar-refractivity contribution in [2.45, 2.75) is 46.4 Å². The maximum atomic E-state index is 5.67. The Labute approximate surface area is 107 Å². The number of hydrogen-bond donors (Lipinski definition) is 1. The molecule has 2 nitrogen and oxygen atoms in total. The van der Waals surface area contributed by atoms with Gasteiger partial charge in [0.2, 0.25) is 0 Å². The molecule has 1 aromatic rings. The predicted octanol–water partition coefficient (Wildman–Crippen LogP) is 3.73. The van der Waals surface area contributed by atoms with Gasteiger partial charge in [0, 0.05) is 17.1 Å². The molecule has 0 heterocycles. The molecule has 0 saturated heterocycles. The maximum Gasteiger partial charge on any atom is 0.120 e. The molecular formula is C13H20BrNO. The maximum absolute atomic E-state index is 5.67. The second-order valence-electron chi connectivity index (χ2n) is 4.46. The van der Waals surface area contributed by atoms with Crippen molar-refractivity contribution in [1.82, 2.24) is 5.32 Å². The Kier molecular flexibility index (Phi) is 5.29. The van der Waals surface area contributed by atoms with E-state index < -0.39 is 0 Å². The summed E-state index contributed by atoms with van der Waals surface area (Å²) in [6, 6.07) is 6.60. The smallest absolute Gasteiger partial charge is 0.120 e. The second-order valence-corrected chi connectivity index (χ2v) is 5.31. The van der Waals surface area contributed by atoms with Crippen molar-refractivity contribution in [3.8, 4) is 5.75 Å². The van der Waals surface area contributed by atoms with E-state index in [4.69, 9.17) is 4.74 Å². The lowest BCUT2D eigenvalue weighted by Crippen LogP contribution is -2.22. The highest BCUT2D eigenvalue weighted by Gasteiger charge is 2.04. The van der Waals surface area contributed by atoms with E-state index in [0.29, 0.717) is 6.04 Å². The van der Waals surface area contributed by atoms with Gasteiger partial charge in [-0.1, -0.05) is 29.8 Å². The highest BCUT2D eigenvalue weighted by molar-refractivity contribution is 9.10. The standard InChI is InChI=1S/C13H20BrNO/c1-9(2)15-8-11-7-12(16-10(3)4)5-6-13(11)14/h5-7,9-10,15H,8H2,1-4H3. The van der Waals surface area contributed by atoms with Gasteiger partial charge in [0.25, 0.3) is 0 Å². The van der Waals surface area contributed by atoms with Crippen LogP contribution in [0.25, 0.3) is 0 Å². The molecule has 1 N–H and O–H groups in total. The lowest BCUT2D eigenvalue weighted by Gasteiger charge is -2.13. The first-order chi connectivity index (χ1) is 7.49. The topological polar surface area (TPSA) is 21.3 Å². The summed E-state index contributed by atoms with van der Waals surface area (Å²) >= 11 is 3.55. The average molecular weight is 286 g/mol. The van der Waals surface area contributed by atoms with Crippen LogP contribution in [0.15, 0.2) is 22.7 Å². The summed E-state index contributed by atoms with van der Waals surface area (Å²) in [6.45, 7) is 9.21. The number of nitrogens with one attached hydrogen (secondary N) is 1. The van der Waals surface area contributed by atoms with Crippen molar-refractivity contribution >= 4 is 15.9 Å². The van der Waals surface area contributed by atoms with Crippen LogP contribution in [0.3, 0.4) is 0 Å². The van der Waals surface area contributed by atoms with E-state index in [1.54, 1.807) is 0 Å². The van der Waals surface area contributed by atoms with Crippen molar-refractivity contribution in [2.24, 2.45) is 0 Å². The minimum absolute atomic E-state index is 0.215. The molecule has 0 radical (unpaired) electrons. The predicted molar refractivity (Wildman–Crippen MR) is 71.9 cm³/mol. The zero-order valence-electron chi connectivity index (χ0n) is 10.4. The Bertz CT molecular complexity index is 337. The SMILES string of the molecule is CC(C)NCc1cc(OC(C)C)ccc1Br. The summed E-state index contributed by atoms with van der Waals surface area (Å²) in [5, 5.41) is 3.40. The lowest BCUT2D eigenvalue weighted by molar-refractivity contribution is 0.242. The van der Waals surface area contributed by atoms with E-state index in [-0.39, 0.29) is 6.10 Å². The first-order valence-corrected chi connectivity index (χ1v) is 6.47. The molecule has 0 aliphatic rings. The Morgan fingerprint density at radius 3 is 2.50 bits per heavy atom. The summed E-state index contributed by atoms with van der Waals surface area (Å²) in [6.07, 6.45) is 0.215. The number of ether oxygens (including phenoxy) is 1. The molecule has 0 aliphatic heterocycles. The third-order valence-electron chi connectivity index (χ3n) is 2.09. The molecule has 16 heavy (non-hydrogen) atoms. The quantitative estimate of drug-likeness (QED) is 0.890. The van der Waals surface area contributed by atoms with Crippen LogP contribution in [0, 0.1) is 0 Å². The third kappa shape index (κ3) is 4.54. The number of hydrogen-bond acceptors (Lipinski definition) is 2. The van der Waals surface area contributed by atoms with Gasteiger partial charge in [0.1, 0.15) is 5.75 Å². The Hall–Kier alpha value is -0.540. The number of halogens is 1. The molecule has 0 unspecified atom stereocenters. The van der Waals surface area contributed by atoms with Crippen LogP contribution in [0.4, 0.5) is 0 Å². The van der Waals surface area contributed by atoms with Crippen molar-refractivity contribution in [3.63, 3.8) is 0 Å². The number of rotatable bonds is 5. The van der Waals surface area contributed by atoms with Gasteiger partial charge >= 0.3 is 0 Å². The Balaban J connectivity index is 2.74. The van der Waals surface area contributed by atoms with Crippen molar-refractivity contribution in [2.75, 3.05) is 0 Å². The highest BCUT2D eigenvalue weighted by atomic mass is 79.9. The average Bonchev–Trinajstić information content (AvgIpc) is 2.18. The van der Waals surface area contributed by atoms with Gasteiger partial charge in [-0.2, -0.15) is 0 Å². The van der Waals surface area contributed by atoms with E-state index >= 15 is 0 Å². The molecule has 0 fully saturated rings. The molecule has 3 heteroatoms. The minimum Gasteiger partial charge on any atom is -0.491 e. The normalized spacial score (nSPS) is 11.2. The van der Waals surface area contributed by atoms with Crippen LogP contribution < -0.4 is 10.1 Å². The van der Waals surface area contributed by atoms with Crippen molar-refractivity contribution in [1.29, 1.82) is 0 Å². The number of benzene rings is 1. The first kappa shape index (κ1) is 13.5. The van der Waals surface area contributed by atoms with Crippen LogP contribution in [-0.4, -0.2) is 12.1 Å². The molecule has 0 atom stereocenters. The summed E-state index contributed by atoms with van der Waals surface area (Å²) in [7, 11) is 0. The van der Waals surface area contributed by atoms with E-state index in [9.17, 15) is 0 Å². The second kappa shape index (κ2) is 6.26. The Morgan fingerprint density at radius 2 is 1.94 bits per heavy atom. The van der Waals surface area contributed by atoms with E-state index in [2.05, 4.69) is 41.2 Å². The molecule has 90 valence electrons. The van der Waals surface area contributed by atoms with Crippen LogP contribution in [0.1, 0.15) is 33.3 Å². The van der Waals surface area contributed by atoms with Crippen molar-refractivity contribution in [3.05, 3.63) is 28.2 Å². The van der Waals surface area contributed by atoms with Crippen LogP contribution in [-0.2, 0) is 6.54 Å². The van der Waals surface area contributed by atoms with E-state index in [1.807, 2.05) is 26.0 Å². The fourth-order valence-electron chi connectivity index (χ4n) is 1.35. The summed E-state index contributed by atoms with van der Waals surface area (Å²) in [5.74, 6) is 0.929. The van der Waals surface area contributed by atoms with Gasteiger partial charge in [-0.05, 0) is 37.6 Å². The summed E-state index contributed by atoms with van der Waals surface area (Å²) in [5.41, 5.74) is 1.23. The Morgan fingerprint density at radius 1 is 1.25 bits per heavy atom. The molecule has 1 rings (SSSR count). The van der Waals surface area contributed by atoms with Gasteiger partial charge in [-0.3, -0.25) is 0 Å². The molecule has 0 aromatic heterocycles. The van der Waals surface area contributed by atoms with Crippen LogP contribution in [0.2, 0.25) is 0 Å². The fraction of sp³-hybridized carbons (Fsp3) is 0.538. The molecular weight excluding hydrogens is 266 g/mol. The minimum atomic E-state index is 0.215. The van der Waals surface area contributed by atoms with Gasteiger partial charge in [0.05, 0.1) is 6.10 Å². The highest BCUT2D eigenvalue weighted by Crippen LogP contribution is 2.23. The van der Waals surface area contributed by atoms with Crippen LogP contribution in [0.5, 0.6) is 5.75 Å². The fourth-order valence-corrected chi connectivity index (χ4v) is 1.73. The zero-order chi connectivity index (χ0) is 12.1. The van der Waals surface area contributed by atoms with Gasteiger partial charge in [-0.25, -0.2) is 0 Å². The first-order valence-electron chi connectivity index (χ1n) is 5.67. The molecule has 0 aliphatic carbocycles. The summed E-state index contributed by atoms with van der Waals surface area (Å²) < 4.78 is 6.79. The largest absolute Gasteiger partial charge is 0.491 e. The van der Waals surface area contributed by atoms with E-state index in [1.165, 1.54) is 5.56 Å². The lowest BCUT2D eigenvalue weighted by atomic mass is 10.2. The molecule has 0 spiro atoms. The molecule has 1 aromatic carbocycles. The van der Waals surface area contributed by atoms with E-state index in [0.717, 1.165) is 16.8 Å². The molecule has 0 saturated carbocycles. The van der Waals surface area contributed by atoms with Gasteiger partial charge in [-0.15, -0.1) is 0 Å². The van der Waals surface area contributed by atoms with Gasteiger partial charge < -0.3 is 10.1 Å². The van der Waals surface area contributed by atoms with Crippen molar-refractivity contribution < 1.29 is 4.74 Å².